The molecule has 3 aromatic carbocycles. The lowest BCUT2D eigenvalue weighted by molar-refractivity contribution is -0.139. The third-order valence-corrected chi connectivity index (χ3v) is 7.62. The van der Waals surface area contributed by atoms with Gasteiger partial charge in [0.15, 0.2) is 6.61 Å². The molecule has 0 aliphatic rings. The molecule has 0 bridgehead atoms. The zero-order chi connectivity index (χ0) is 24.9. The van der Waals surface area contributed by atoms with Crippen LogP contribution in [0.1, 0.15) is 16.7 Å². The number of carboxylic acids is 1. The molecule has 180 valence electrons. The van der Waals surface area contributed by atoms with Gasteiger partial charge < -0.3 is 9.84 Å². The number of aryl methyl sites for hydroxylation is 1. The van der Waals surface area contributed by atoms with Crippen molar-refractivity contribution in [2.24, 2.45) is 5.14 Å². The van der Waals surface area contributed by atoms with E-state index in [-0.39, 0.29) is 22.9 Å². The molecule has 0 saturated heterocycles. The minimum Gasteiger partial charge on any atom is -0.482 e. The van der Waals surface area contributed by atoms with Crippen LogP contribution in [0.3, 0.4) is 0 Å². The van der Waals surface area contributed by atoms with E-state index in [0.29, 0.717) is 16.9 Å². The maximum absolute atomic E-state index is 13.5. The van der Waals surface area contributed by atoms with E-state index in [9.17, 15) is 21.6 Å². The van der Waals surface area contributed by atoms with Crippen LogP contribution in [-0.2, 0) is 37.9 Å². The standard InChI is InChI=1S/C23H24N2O7S2/c1-17-5-9-22(10-6-17)34(30,31)25(14-18-7-11-21(12-8-18)33(24,28)29)15-19-3-2-4-20(13-19)32-16-23(26)27/h2-13H,14-16H2,1H3,(H,26,27)(H2,24,28,29). The van der Waals surface area contributed by atoms with E-state index >= 15 is 0 Å². The number of hydrogen-bond donors (Lipinski definition) is 2. The van der Waals surface area contributed by atoms with Gasteiger partial charge >= 0.3 is 5.97 Å². The summed E-state index contributed by atoms with van der Waals surface area (Å²) in [6, 6.07) is 18.6. The largest absolute Gasteiger partial charge is 0.482 e. The molecule has 0 atom stereocenters. The Bertz CT molecular complexity index is 1370. The minimum atomic E-state index is -3.94. The highest BCUT2D eigenvalue weighted by molar-refractivity contribution is 7.89. The van der Waals surface area contributed by atoms with Crippen LogP contribution in [0.4, 0.5) is 0 Å². The normalized spacial score (nSPS) is 12.0. The van der Waals surface area contributed by atoms with Crippen LogP contribution in [-0.4, -0.2) is 38.8 Å². The molecule has 0 spiro atoms. The first kappa shape index (κ1) is 25.4. The molecule has 11 heteroatoms. The molecule has 0 fully saturated rings. The zero-order valence-electron chi connectivity index (χ0n) is 18.3. The quantitative estimate of drug-likeness (QED) is 0.432. The number of rotatable bonds is 10. The molecular weight excluding hydrogens is 480 g/mol. The maximum atomic E-state index is 13.5. The number of aliphatic carboxylic acids is 1. The third-order valence-electron chi connectivity index (χ3n) is 4.89. The first-order chi connectivity index (χ1) is 15.9. The van der Waals surface area contributed by atoms with Crippen molar-refractivity contribution in [3.8, 4) is 5.75 Å². The molecule has 0 unspecified atom stereocenters. The van der Waals surface area contributed by atoms with Gasteiger partial charge in [0.1, 0.15) is 5.75 Å². The molecule has 0 saturated carbocycles. The van der Waals surface area contributed by atoms with Crippen LogP contribution >= 0.6 is 0 Å². The molecular formula is C23H24N2O7S2. The summed E-state index contributed by atoms with van der Waals surface area (Å²) >= 11 is 0. The molecule has 0 heterocycles. The highest BCUT2D eigenvalue weighted by Crippen LogP contribution is 2.24. The second-order valence-electron chi connectivity index (χ2n) is 7.60. The zero-order valence-corrected chi connectivity index (χ0v) is 19.9. The van der Waals surface area contributed by atoms with Gasteiger partial charge in [-0.1, -0.05) is 42.0 Å². The second kappa shape index (κ2) is 10.3. The average molecular weight is 505 g/mol. The average Bonchev–Trinajstić information content (AvgIpc) is 2.77. The summed E-state index contributed by atoms with van der Waals surface area (Å²) in [6.45, 7) is 1.26. The van der Waals surface area contributed by atoms with Gasteiger partial charge in [-0.2, -0.15) is 4.31 Å². The molecule has 34 heavy (non-hydrogen) atoms. The van der Waals surface area contributed by atoms with Crippen molar-refractivity contribution in [2.45, 2.75) is 29.8 Å². The maximum Gasteiger partial charge on any atom is 0.341 e. The van der Waals surface area contributed by atoms with Crippen LogP contribution in [0, 0.1) is 6.92 Å². The first-order valence-corrected chi connectivity index (χ1v) is 13.1. The Morgan fingerprint density at radius 2 is 1.47 bits per heavy atom. The van der Waals surface area contributed by atoms with Crippen molar-refractivity contribution >= 4 is 26.0 Å². The van der Waals surface area contributed by atoms with Gasteiger partial charge in [0.2, 0.25) is 20.0 Å². The fourth-order valence-electron chi connectivity index (χ4n) is 3.16. The Hall–Kier alpha value is -3.25. The Kier molecular flexibility index (Phi) is 7.72. The molecule has 0 aromatic heterocycles. The third kappa shape index (κ3) is 6.64. The SMILES string of the molecule is Cc1ccc(S(=O)(=O)N(Cc2ccc(S(N)(=O)=O)cc2)Cc2cccc(OCC(=O)O)c2)cc1. The van der Waals surface area contributed by atoms with Gasteiger partial charge in [0, 0.05) is 13.1 Å². The van der Waals surface area contributed by atoms with Gasteiger partial charge in [-0.3, -0.25) is 0 Å². The molecule has 3 rings (SSSR count). The number of nitrogens with zero attached hydrogens (tertiary/aromatic N) is 1. The van der Waals surface area contributed by atoms with Crippen LogP contribution in [0.5, 0.6) is 5.75 Å². The summed E-state index contributed by atoms with van der Waals surface area (Å²) in [4.78, 5) is 10.8. The Labute approximate surface area is 198 Å². The summed E-state index contributed by atoms with van der Waals surface area (Å²) in [7, 11) is -7.81. The van der Waals surface area contributed by atoms with E-state index in [1.807, 2.05) is 6.92 Å². The number of hydrogen-bond acceptors (Lipinski definition) is 6. The van der Waals surface area contributed by atoms with E-state index in [2.05, 4.69) is 0 Å². The number of benzene rings is 3. The van der Waals surface area contributed by atoms with Gasteiger partial charge in [0.05, 0.1) is 9.79 Å². The van der Waals surface area contributed by atoms with Gasteiger partial charge in [-0.25, -0.2) is 26.8 Å². The van der Waals surface area contributed by atoms with Crippen molar-refractivity contribution in [2.75, 3.05) is 6.61 Å². The predicted octanol–water partition coefficient (Wildman–Crippen LogP) is 2.50. The Morgan fingerprint density at radius 3 is 2.06 bits per heavy atom. The molecule has 0 aliphatic heterocycles. The van der Waals surface area contributed by atoms with Crippen LogP contribution in [0.15, 0.2) is 82.6 Å². The fourth-order valence-corrected chi connectivity index (χ4v) is 5.09. The number of primary sulfonamides is 1. The van der Waals surface area contributed by atoms with Gasteiger partial charge in [-0.15, -0.1) is 0 Å². The number of nitrogens with two attached hydrogens (primary N) is 1. The van der Waals surface area contributed by atoms with Crippen molar-refractivity contribution in [1.29, 1.82) is 0 Å². The lowest BCUT2D eigenvalue weighted by atomic mass is 10.2. The predicted molar refractivity (Wildman–Crippen MR) is 125 cm³/mol. The van der Waals surface area contributed by atoms with Gasteiger partial charge in [-0.05, 0) is 54.4 Å². The van der Waals surface area contributed by atoms with Crippen LogP contribution in [0.2, 0.25) is 0 Å². The summed E-state index contributed by atoms with van der Waals surface area (Å²) in [6.07, 6.45) is 0. The van der Waals surface area contributed by atoms with E-state index in [1.165, 1.54) is 40.7 Å². The van der Waals surface area contributed by atoms with E-state index < -0.39 is 32.6 Å². The van der Waals surface area contributed by atoms with Crippen LogP contribution in [0.25, 0.3) is 0 Å². The Balaban J connectivity index is 1.94. The van der Waals surface area contributed by atoms with Crippen LogP contribution < -0.4 is 9.88 Å². The van der Waals surface area contributed by atoms with Gasteiger partial charge in [0.25, 0.3) is 0 Å². The topological polar surface area (TPSA) is 144 Å². The molecule has 0 radical (unpaired) electrons. The Morgan fingerprint density at radius 1 is 0.882 bits per heavy atom. The van der Waals surface area contributed by atoms with E-state index in [1.54, 1.807) is 36.4 Å². The summed E-state index contributed by atoms with van der Waals surface area (Å²) in [5.74, 6) is -0.831. The van der Waals surface area contributed by atoms with Crippen molar-refractivity contribution < 1.29 is 31.5 Å². The fraction of sp³-hybridized carbons (Fsp3) is 0.174. The van der Waals surface area contributed by atoms with Crippen molar-refractivity contribution in [3.05, 3.63) is 89.5 Å². The number of sulfonamides is 2. The lowest BCUT2D eigenvalue weighted by Crippen LogP contribution is -2.30. The van der Waals surface area contributed by atoms with Crippen molar-refractivity contribution in [1.82, 2.24) is 4.31 Å². The molecule has 9 nitrogen and oxygen atoms in total. The highest BCUT2D eigenvalue weighted by atomic mass is 32.2. The van der Waals surface area contributed by atoms with E-state index in [4.69, 9.17) is 15.0 Å². The molecule has 0 amide bonds. The molecule has 3 aromatic rings. The van der Waals surface area contributed by atoms with E-state index in [0.717, 1.165) is 5.56 Å². The first-order valence-electron chi connectivity index (χ1n) is 10.1. The van der Waals surface area contributed by atoms with Crippen molar-refractivity contribution in [3.63, 3.8) is 0 Å². The highest BCUT2D eigenvalue weighted by Gasteiger charge is 2.25. The number of carboxylic acid groups (broad SMARTS) is 1. The second-order valence-corrected chi connectivity index (χ2v) is 11.1. The molecule has 0 aliphatic carbocycles. The summed E-state index contributed by atoms with van der Waals surface area (Å²) < 4.78 is 56.5. The summed E-state index contributed by atoms with van der Waals surface area (Å²) in [5.41, 5.74) is 2.05. The monoisotopic (exact) mass is 504 g/mol. The summed E-state index contributed by atoms with van der Waals surface area (Å²) in [5, 5.41) is 14.0. The smallest absolute Gasteiger partial charge is 0.341 e. The lowest BCUT2D eigenvalue weighted by Gasteiger charge is -2.23. The minimum absolute atomic E-state index is 0.0303. The molecule has 3 N–H and O–H groups in total. The number of ether oxygens (including phenoxy) is 1. The number of carbonyl (C=O) groups is 1.